The van der Waals surface area contributed by atoms with Gasteiger partial charge in [-0.1, -0.05) is 68.3 Å². The molecule has 1 atom stereocenters. The van der Waals surface area contributed by atoms with Gasteiger partial charge >= 0.3 is 6.09 Å². The molecule has 2 aromatic rings. The van der Waals surface area contributed by atoms with Crippen molar-refractivity contribution in [2.24, 2.45) is 5.92 Å². The van der Waals surface area contributed by atoms with Gasteiger partial charge in [0.25, 0.3) is 5.91 Å². The SMILES string of the molecule is CCCCC1CN(CCc2ccccc2)C(=O)OC12CCN(C1CCN(C(=O)c3c(C)cccc3C)CC1)CC2. The number of carbonyl (C=O) groups is 2. The Morgan fingerprint density at radius 1 is 0.950 bits per heavy atom. The predicted molar refractivity (Wildman–Crippen MR) is 160 cm³/mol. The molecule has 3 heterocycles. The number of benzene rings is 2. The topological polar surface area (TPSA) is 53.1 Å². The van der Waals surface area contributed by atoms with Crippen LogP contribution >= 0.6 is 0 Å². The maximum Gasteiger partial charge on any atom is 0.410 e. The number of amides is 2. The molecule has 0 radical (unpaired) electrons. The maximum atomic E-state index is 13.3. The fourth-order valence-electron chi connectivity index (χ4n) is 7.25. The standard InChI is InChI=1S/C34H47N3O3/c1-4-5-14-29-25-37(20-15-28-12-7-6-8-13-28)33(39)40-34(29)18-23-35(24-19-34)30-16-21-36(22-17-30)32(38)31-26(2)10-9-11-27(31)3/h6-13,29-30H,4-5,14-25H2,1-3H3. The molecule has 6 heteroatoms. The monoisotopic (exact) mass is 545 g/mol. The molecule has 3 fully saturated rings. The molecule has 0 aliphatic carbocycles. The van der Waals surface area contributed by atoms with Gasteiger partial charge in [0.1, 0.15) is 5.60 Å². The van der Waals surface area contributed by atoms with Crippen molar-refractivity contribution in [3.63, 3.8) is 0 Å². The van der Waals surface area contributed by atoms with Crippen molar-refractivity contribution in [3.05, 3.63) is 70.8 Å². The van der Waals surface area contributed by atoms with E-state index in [1.54, 1.807) is 0 Å². The first kappa shape index (κ1) is 28.7. The minimum absolute atomic E-state index is 0.129. The molecule has 216 valence electrons. The van der Waals surface area contributed by atoms with Crippen LogP contribution in [-0.2, 0) is 11.2 Å². The fraction of sp³-hybridized carbons (Fsp3) is 0.588. The van der Waals surface area contributed by atoms with E-state index in [2.05, 4.69) is 36.1 Å². The van der Waals surface area contributed by atoms with Crippen molar-refractivity contribution in [1.82, 2.24) is 14.7 Å². The molecule has 3 aliphatic heterocycles. The third-order valence-corrected chi connectivity index (χ3v) is 9.76. The Morgan fingerprint density at radius 2 is 1.62 bits per heavy atom. The molecule has 0 saturated carbocycles. The number of rotatable bonds is 8. The Hall–Kier alpha value is -2.86. The number of aryl methyl sites for hydroxylation is 2. The Morgan fingerprint density at radius 3 is 2.27 bits per heavy atom. The third-order valence-electron chi connectivity index (χ3n) is 9.76. The third kappa shape index (κ3) is 6.22. The van der Waals surface area contributed by atoms with E-state index < -0.39 is 0 Å². The van der Waals surface area contributed by atoms with Crippen molar-refractivity contribution in [3.8, 4) is 0 Å². The van der Waals surface area contributed by atoms with Gasteiger partial charge in [0.2, 0.25) is 0 Å². The predicted octanol–water partition coefficient (Wildman–Crippen LogP) is 6.24. The molecule has 3 saturated heterocycles. The molecule has 6 nitrogen and oxygen atoms in total. The highest BCUT2D eigenvalue weighted by atomic mass is 16.6. The second-order valence-corrected chi connectivity index (χ2v) is 12.3. The highest BCUT2D eigenvalue weighted by Crippen LogP contribution is 2.41. The van der Waals surface area contributed by atoms with E-state index in [0.29, 0.717) is 18.5 Å². The minimum atomic E-state index is -0.328. The number of hydrogen-bond donors (Lipinski definition) is 0. The summed E-state index contributed by atoms with van der Waals surface area (Å²) in [5.41, 5.74) is 3.93. The number of likely N-dealkylation sites (tertiary alicyclic amines) is 2. The lowest BCUT2D eigenvalue weighted by Crippen LogP contribution is -2.61. The van der Waals surface area contributed by atoms with Crippen molar-refractivity contribution in [2.45, 2.75) is 83.8 Å². The van der Waals surface area contributed by atoms with Crippen LogP contribution in [0.2, 0.25) is 0 Å². The van der Waals surface area contributed by atoms with Crippen LogP contribution in [0, 0.1) is 19.8 Å². The molecule has 0 bridgehead atoms. The number of carbonyl (C=O) groups excluding carboxylic acids is 2. The summed E-state index contributed by atoms with van der Waals surface area (Å²) in [6, 6.07) is 17.0. The van der Waals surface area contributed by atoms with Crippen molar-refractivity contribution >= 4 is 12.0 Å². The quantitative estimate of drug-likeness (QED) is 0.394. The largest absolute Gasteiger partial charge is 0.442 e. The van der Waals surface area contributed by atoms with Crippen molar-refractivity contribution in [2.75, 3.05) is 39.3 Å². The van der Waals surface area contributed by atoms with Gasteiger partial charge in [-0.15, -0.1) is 0 Å². The molecular formula is C34H47N3O3. The minimum Gasteiger partial charge on any atom is -0.442 e. The normalized spacial score (nSPS) is 22.0. The molecular weight excluding hydrogens is 498 g/mol. The van der Waals surface area contributed by atoms with Gasteiger partial charge in [-0.2, -0.15) is 0 Å². The highest BCUT2D eigenvalue weighted by Gasteiger charge is 2.50. The van der Waals surface area contributed by atoms with Gasteiger partial charge in [0, 0.05) is 69.6 Å². The first-order valence-corrected chi connectivity index (χ1v) is 15.5. The van der Waals surface area contributed by atoms with E-state index in [1.807, 2.05) is 47.9 Å². The average molecular weight is 546 g/mol. The van der Waals surface area contributed by atoms with E-state index in [-0.39, 0.29) is 17.6 Å². The number of unbranched alkanes of at least 4 members (excludes halogenated alkanes) is 1. The first-order chi connectivity index (χ1) is 19.4. The van der Waals surface area contributed by atoms with Gasteiger partial charge in [-0.05, 0) is 56.2 Å². The average Bonchev–Trinajstić information content (AvgIpc) is 2.97. The van der Waals surface area contributed by atoms with Gasteiger partial charge < -0.3 is 14.5 Å². The molecule has 0 N–H and O–H groups in total. The van der Waals surface area contributed by atoms with Crippen molar-refractivity contribution in [1.29, 1.82) is 0 Å². The molecule has 0 aromatic heterocycles. The molecule has 40 heavy (non-hydrogen) atoms. The lowest BCUT2D eigenvalue weighted by molar-refractivity contribution is -0.125. The molecule has 2 amide bonds. The number of hydrogen-bond acceptors (Lipinski definition) is 4. The van der Waals surface area contributed by atoms with Gasteiger partial charge in [0.05, 0.1) is 0 Å². The summed E-state index contributed by atoms with van der Waals surface area (Å²) in [5.74, 6) is 0.566. The van der Waals surface area contributed by atoms with Crippen LogP contribution in [0.4, 0.5) is 4.79 Å². The summed E-state index contributed by atoms with van der Waals surface area (Å²) in [7, 11) is 0. The van der Waals surface area contributed by atoms with Crippen LogP contribution in [-0.4, -0.2) is 77.6 Å². The molecule has 5 rings (SSSR count). The molecule has 3 aliphatic rings. The summed E-state index contributed by atoms with van der Waals surface area (Å²) in [5, 5.41) is 0. The van der Waals surface area contributed by atoms with Crippen LogP contribution in [0.25, 0.3) is 0 Å². The fourth-order valence-corrected chi connectivity index (χ4v) is 7.25. The summed E-state index contributed by atoms with van der Waals surface area (Å²) in [4.78, 5) is 33.1. The van der Waals surface area contributed by atoms with E-state index in [4.69, 9.17) is 4.74 Å². The molecule has 1 unspecified atom stereocenters. The zero-order valence-electron chi connectivity index (χ0n) is 24.7. The Kier molecular flexibility index (Phi) is 9.14. The van der Waals surface area contributed by atoms with Crippen LogP contribution in [0.1, 0.15) is 78.9 Å². The van der Waals surface area contributed by atoms with Gasteiger partial charge in [-0.3, -0.25) is 9.69 Å². The Balaban J connectivity index is 1.16. The Bertz CT molecular complexity index is 1130. The van der Waals surface area contributed by atoms with Crippen molar-refractivity contribution < 1.29 is 14.3 Å². The van der Waals surface area contributed by atoms with Crippen LogP contribution in [0.3, 0.4) is 0 Å². The number of piperidine rings is 2. The van der Waals surface area contributed by atoms with E-state index in [1.165, 1.54) is 12.0 Å². The second-order valence-electron chi connectivity index (χ2n) is 12.3. The molecule has 1 spiro atoms. The van der Waals surface area contributed by atoms with Gasteiger partial charge in [0.15, 0.2) is 0 Å². The summed E-state index contributed by atoms with van der Waals surface area (Å²) < 4.78 is 6.39. The zero-order valence-corrected chi connectivity index (χ0v) is 24.7. The summed E-state index contributed by atoms with van der Waals surface area (Å²) >= 11 is 0. The first-order valence-electron chi connectivity index (χ1n) is 15.5. The van der Waals surface area contributed by atoms with E-state index >= 15 is 0 Å². The number of ether oxygens (including phenoxy) is 1. The summed E-state index contributed by atoms with van der Waals surface area (Å²) in [6.07, 6.45) is 8.04. The zero-order chi connectivity index (χ0) is 28.1. The van der Waals surface area contributed by atoms with Gasteiger partial charge in [-0.25, -0.2) is 4.79 Å². The van der Waals surface area contributed by atoms with E-state index in [9.17, 15) is 9.59 Å². The maximum absolute atomic E-state index is 13.3. The lowest BCUT2D eigenvalue weighted by Gasteiger charge is -2.52. The van der Waals surface area contributed by atoms with Crippen LogP contribution in [0.15, 0.2) is 48.5 Å². The Labute approximate surface area is 240 Å². The van der Waals surface area contributed by atoms with Crippen LogP contribution in [0.5, 0.6) is 0 Å². The highest BCUT2D eigenvalue weighted by molar-refractivity contribution is 5.97. The summed E-state index contributed by atoms with van der Waals surface area (Å²) in [6.45, 7) is 11.4. The second kappa shape index (κ2) is 12.8. The van der Waals surface area contributed by atoms with Crippen LogP contribution < -0.4 is 0 Å². The lowest BCUT2D eigenvalue weighted by atomic mass is 9.75. The van der Waals surface area contributed by atoms with E-state index in [0.717, 1.165) is 94.4 Å². The number of nitrogens with zero attached hydrogens (tertiary/aromatic N) is 3. The smallest absolute Gasteiger partial charge is 0.410 e. The molecule has 2 aromatic carbocycles.